The highest BCUT2D eigenvalue weighted by Crippen LogP contribution is 2.23. The molecule has 2 aliphatic rings. The summed E-state index contributed by atoms with van der Waals surface area (Å²) in [7, 11) is 1.91. The van der Waals surface area contributed by atoms with Crippen LogP contribution < -0.4 is 0 Å². The molecule has 2 fully saturated rings. The first-order valence-corrected chi connectivity index (χ1v) is 9.73. The molecule has 0 atom stereocenters. The van der Waals surface area contributed by atoms with Crippen LogP contribution in [0.4, 0.5) is 0 Å². The topological polar surface area (TPSA) is 59.4 Å². The van der Waals surface area contributed by atoms with Crippen LogP contribution >= 0.6 is 12.2 Å². The second kappa shape index (κ2) is 7.36. The summed E-state index contributed by atoms with van der Waals surface area (Å²) in [5.41, 5.74) is 0. The molecular formula is C18H25N5O2S. The van der Waals surface area contributed by atoms with Gasteiger partial charge in [-0.05, 0) is 50.0 Å². The Morgan fingerprint density at radius 1 is 1.27 bits per heavy atom. The lowest BCUT2D eigenvalue weighted by molar-refractivity contribution is -0.136. The molecule has 26 heavy (non-hydrogen) atoms. The first kappa shape index (κ1) is 17.5. The minimum absolute atomic E-state index is 0.180. The summed E-state index contributed by atoms with van der Waals surface area (Å²) in [6.07, 6.45) is 5.78. The van der Waals surface area contributed by atoms with E-state index in [0.29, 0.717) is 23.1 Å². The second-order valence-electron chi connectivity index (χ2n) is 7.21. The van der Waals surface area contributed by atoms with Crippen molar-refractivity contribution in [3.8, 4) is 11.6 Å². The molecular weight excluding hydrogens is 350 g/mol. The van der Waals surface area contributed by atoms with Crippen LogP contribution in [0.1, 0.15) is 25.7 Å². The van der Waals surface area contributed by atoms with Gasteiger partial charge in [0.2, 0.25) is 5.91 Å². The number of nitrogens with zero attached hydrogens (tertiary/aromatic N) is 5. The molecule has 4 heterocycles. The number of amides is 1. The highest BCUT2D eigenvalue weighted by Gasteiger charge is 2.30. The highest BCUT2D eigenvalue weighted by molar-refractivity contribution is 7.71. The molecule has 0 aromatic carbocycles. The minimum Gasteiger partial charge on any atom is -0.461 e. The van der Waals surface area contributed by atoms with Crippen LogP contribution in [-0.4, -0.2) is 56.2 Å². The van der Waals surface area contributed by atoms with Crippen molar-refractivity contribution in [2.45, 2.75) is 32.4 Å². The minimum atomic E-state index is 0.180. The van der Waals surface area contributed by atoms with E-state index in [1.54, 1.807) is 6.26 Å². The third kappa shape index (κ3) is 3.35. The number of carbonyl (C=O) groups excluding carboxylic acids is 1. The van der Waals surface area contributed by atoms with E-state index in [1.165, 1.54) is 0 Å². The summed E-state index contributed by atoms with van der Waals surface area (Å²) in [5.74, 6) is 1.99. The Kier molecular flexibility index (Phi) is 4.95. The molecule has 7 nitrogen and oxygen atoms in total. The number of aromatic nitrogens is 3. The number of hydrogen-bond donors (Lipinski definition) is 0. The fourth-order valence-corrected chi connectivity index (χ4v) is 4.09. The van der Waals surface area contributed by atoms with E-state index in [0.717, 1.165) is 57.7 Å². The Bertz CT molecular complexity index is 811. The standard InChI is InChI=1S/C18H25N5O2S/c1-20-16(15-5-4-12-25-15)19-23(18(20)26)13-21-10-6-14(7-11-21)17(24)22-8-2-3-9-22/h4-5,12,14H,2-3,6-11,13H2,1H3. The summed E-state index contributed by atoms with van der Waals surface area (Å²) >= 11 is 5.53. The Morgan fingerprint density at radius 2 is 2.00 bits per heavy atom. The molecule has 1 amide bonds. The fourth-order valence-electron chi connectivity index (χ4n) is 3.91. The van der Waals surface area contributed by atoms with Crippen LogP contribution in [0.2, 0.25) is 0 Å². The molecule has 2 saturated heterocycles. The van der Waals surface area contributed by atoms with Crippen LogP contribution in [0.3, 0.4) is 0 Å². The molecule has 0 saturated carbocycles. The maximum atomic E-state index is 12.6. The lowest BCUT2D eigenvalue weighted by Crippen LogP contribution is -2.42. The number of piperidine rings is 1. The third-order valence-electron chi connectivity index (χ3n) is 5.47. The quantitative estimate of drug-likeness (QED) is 0.769. The van der Waals surface area contributed by atoms with E-state index in [2.05, 4.69) is 10.00 Å². The number of likely N-dealkylation sites (tertiary alicyclic amines) is 2. The Labute approximate surface area is 158 Å². The van der Waals surface area contributed by atoms with E-state index in [4.69, 9.17) is 16.6 Å². The molecule has 2 aliphatic heterocycles. The molecule has 8 heteroatoms. The van der Waals surface area contributed by atoms with Gasteiger partial charge in [0.15, 0.2) is 16.4 Å². The third-order valence-corrected chi connectivity index (χ3v) is 5.96. The van der Waals surface area contributed by atoms with Crippen LogP contribution in [-0.2, 0) is 18.5 Å². The van der Waals surface area contributed by atoms with Crippen molar-refractivity contribution in [2.75, 3.05) is 26.2 Å². The van der Waals surface area contributed by atoms with Crippen molar-refractivity contribution in [3.05, 3.63) is 23.2 Å². The lowest BCUT2D eigenvalue weighted by Gasteiger charge is -2.32. The highest BCUT2D eigenvalue weighted by atomic mass is 32.1. The van der Waals surface area contributed by atoms with Crippen LogP contribution in [0.5, 0.6) is 0 Å². The molecule has 0 bridgehead atoms. The van der Waals surface area contributed by atoms with Gasteiger partial charge in [0.05, 0.1) is 12.9 Å². The number of carbonyl (C=O) groups is 1. The summed E-state index contributed by atoms with van der Waals surface area (Å²) in [5, 5.41) is 4.63. The molecule has 0 spiro atoms. The maximum Gasteiger partial charge on any atom is 0.225 e. The van der Waals surface area contributed by atoms with Gasteiger partial charge in [-0.15, -0.1) is 5.10 Å². The molecule has 0 radical (unpaired) electrons. The zero-order valence-corrected chi connectivity index (χ0v) is 16.0. The van der Waals surface area contributed by atoms with Crippen LogP contribution in [0.15, 0.2) is 22.8 Å². The number of furan rings is 1. The van der Waals surface area contributed by atoms with E-state index in [9.17, 15) is 4.79 Å². The zero-order chi connectivity index (χ0) is 18.1. The average Bonchev–Trinajstić information content (AvgIpc) is 3.41. The SMILES string of the molecule is Cn1c(-c2ccco2)nn(CN2CCC(C(=O)N3CCCC3)CC2)c1=S. The van der Waals surface area contributed by atoms with E-state index >= 15 is 0 Å². The van der Waals surface area contributed by atoms with Gasteiger partial charge in [0.25, 0.3) is 0 Å². The Morgan fingerprint density at radius 3 is 2.65 bits per heavy atom. The largest absolute Gasteiger partial charge is 0.461 e. The van der Waals surface area contributed by atoms with E-state index in [-0.39, 0.29) is 5.92 Å². The van der Waals surface area contributed by atoms with E-state index in [1.807, 2.05) is 33.3 Å². The van der Waals surface area contributed by atoms with Gasteiger partial charge in [-0.3, -0.25) is 9.69 Å². The van der Waals surface area contributed by atoms with Gasteiger partial charge in [0.1, 0.15) is 0 Å². The predicted molar refractivity (Wildman–Crippen MR) is 99.8 cm³/mol. The van der Waals surface area contributed by atoms with Gasteiger partial charge < -0.3 is 13.9 Å². The lowest BCUT2D eigenvalue weighted by atomic mass is 9.95. The smallest absolute Gasteiger partial charge is 0.225 e. The van der Waals surface area contributed by atoms with Crippen molar-refractivity contribution >= 4 is 18.1 Å². The van der Waals surface area contributed by atoms with Gasteiger partial charge in [-0.2, -0.15) is 0 Å². The second-order valence-corrected chi connectivity index (χ2v) is 7.57. The van der Waals surface area contributed by atoms with Gasteiger partial charge >= 0.3 is 0 Å². The monoisotopic (exact) mass is 375 g/mol. The molecule has 0 N–H and O–H groups in total. The fraction of sp³-hybridized carbons (Fsp3) is 0.611. The normalized spacial score (nSPS) is 19.3. The molecule has 4 rings (SSSR count). The average molecular weight is 375 g/mol. The van der Waals surface area contributed by atoms with Crippen molar-refractivity contribution in [3.63, 3.8) is 0 Å². The predicted octanol–water partition coefficient (Wildman–Crippen LogP) is 2.50. The van der Waals surface area contributed by atoms with Gasteiger partial charge in [-0.25, -0.2) is 4.68 Å². The maximum absolute atomic E-state index is 12.6. The summed E-state index contributed by atoms with van der Waals surface area (Å²) < 4.78 is 9.84. The van der Waals surface area contributed by atoms with Gasteiger partial charge in [-0.1, -0.05) is 0 Å². The van der Waals surface area contributed by atoms with Crippen LogP contribution in [0, 0.1) is 10.7 Å². The number of hydrogen-bond acceptors (Lipinski definition) is 5. The summed E-state index contributed by atoms with van der Waals surface area (Å²) in [4.78, 5) is 16.9. The van der Waals surface area contributed by atoms with Crippen molar-refractivity contribution < 1.29 is 9.21 Å². The summed E-state index contributed by atoms with van der Waals surface area (Å²) in [6, 6.07) is 3.73. The number of rotatable bonds is 4. The molecule has 0 unspecified atom stereocenters. The van der Waals surface area contributed by atoms with Crippen molar-refractivity contribution in [2.24, 2.45) is 13.0 Å². The molecule has 2 aromatic heterocycles. The summed E-state index contributed by atoms with van der Waals surface area (Å²) in [6.45, 7) is 4.34. The van der Waals surface area contributed by atoms with E-state index < -0.39 is 0 Å². The first-order valence-electron chi connectivity index (χ1n) is 9.32. The Hall–Kier alpha value is -1.93. The first-order chi connectivity index (χ1) is 12.6. The zero-order valence-electron chi connectivity index (χ0n) is 15.1. The van der Waals surface area contributed by atoms with Crippen LogP contribution in [0.25, 0.3) is 11.6 Å². The molecule has 0 aliphatic carbocycles. The van der Waals surface area contributed by atoms with Crippen molar-refractivity contribution in [1.29, 1.82) is 0 Å². The van der Waals surface area contributed by atoms with Gasteiger partial charge in [0, 0.05) is 39.1 Å². The van der Waals surface area contributed by atoms with Crippen molar-refractivity contribution in [1.82, 2.24) is 24.1 Å². The molecule has 2 aromatic rings. The molecule has 140 valence electrons. The Balaban J connectivity index is 1.38.